The van der Waals surface area contributed by atoms with Crippen molar-refractivity contribution in [3.63, 3.8) is 0 Å². The van der Waals surface area contributed by atoms with E-state index < -0.39 is 6.10 Å². The smallest absolute Gasteiger partial charge is 0.306 e. The van der Waals surface area contributed by atoms with Crippen molar-refractivity contribution in [1.82, 2.24) is 0 Å². The Morgan fingerprint density at radius 3 is 1.08 bits per heavy atom. The van der Waals surface area contributed by atoms with Gasteiger partial charge >= 0.3 is 17.9 Å². The van der Waals surface area contributed by atoms with Crippen molar-refractivity contribution in [1.29, 1.82) is 0 Å². The second kappa shape index (κ2) is 49.5. The van der Waals surface area contributed by atoms with Crippen LogP contribution in [0.2, 0.25) is 0 Å². The first kappa shape index (κ1) is 57.9. The Labute approximate surface area is 376 Å². The second-order valence-corrected chi connectivity index (χ2v) is 16.7. The number of allylic oxidation sites excluding steroid dienone is 12. The minimum atomic E-state index is -0.805. The fourth-order valence-corrected chi connectivity index (χ4v) is 6.88. The third-order valence-corrected chi connectivity index (χ3v) is 10.7. The second-order valence-electron chi connectivity index (χ2n) is 16.7. The predicted molar refractivity (Wildman–Crippen MR) is 261 cm³/mol. The summed E-state index contributed by atoms with van der Waals surface area (Å²) in [6.07, 6.45) is 61.7. The molecule has 350 valence electrons. The molecular formula is C55H94O6. The first-order valence-corrected chi connectivity index (χ1v) is 25.4. The first-order valence-electron chi connectivity index (χ1n) is 25.4. The van der Waals surface area contributed by atoms with E-state index in [4.69, 9.17) is 14.2 Å². The Morgan fingerprint density at radius 1 is 0.344 bits per heavy atom. The summed E-state index contributed by atoms with van der Waals surface area (Å²) in [5, 5.41) is 0. The molecule has 0 aliphatic heterocycles. The predicted octanol–water partition coefficient (Wildman–Crippen LogP) is 16.6. The fraction of sp³-hybridized carbons (Fsp3) is 0.727. The van der Waals surface area contributed by atoms with Crippen LogP contribution in [0.5, 0.6) is 0 Å². The molecule has 6 heteroatoms. The van der Waals surface area contributed by atoms with Crippen LogP contribution in [0.1, 0.15) is 239 Å². The van der Waals surface area contributed by atoms with E-state index in [1.807, 2.05) is 0 Å². The van der Waals surface area contributed by atoms with E-state index in [9.17, 15) is 14.4 Å². The van der Waals surface area contributed by atoms with Gasteiger partial charge in [0.25, 0.3) is 0 Å². The molecule has 0 spiro atoms. The average Bonchev–Trinajstić information content (AvgIpc) is 3.26. The zero-order valence-electron chi connectivity index (χ0n) is 39.9. The van der Waals surface area contributed by atoms with Crippen LogP contribution in [0.15, 0.2) is 72.9 Å². The van der Waals surface area contributed by atoms with E-state index >= 15 is 0 Å². The zero-order valence-corrected chi connectivity index (χ0v) is 39.9. The van der Waals surface area contributed by atoms with Crippen molar-refractivity contribution >= 4 is 17.9 Å². The van der Waals surface area contributed by atoms with Gasteiger partial charge in [-0.25, -0.2) is 0 Å². The number of ether oxygens (including phenoxy) is 3. The quantitative estimate of drug-likeness (QED) is 0.0263. The Bertz CT molecular complexity index is 1160. The third kappa shape index (κ3) is 47.7. The van der Waals surface area contributed by atoms with Crippen LogP contribution in [0.25, 0.3) is 0 Å². The van der Waals surface area contributed by atoms with E-state index in [1.54, 1.807) is 0 Å². The molecule has 0 rings (SSSR count). The fourth-order valence-electron chi connectivity index (χ4n) is 6.88. The van der Waals surface area contributed by atoms with Crippen LogP contribution in [-0.2, 0) is 28.6 Å². The summed E-state index contributed by atoms with van der Waals surface area (Å²) in [5.41, 5.74) is 0. The maximum atomic E-state index is 12.8. The van der Waals surface area contributed by atoms with Gasteiger partial charge < -0.3 is 14.2 Å². The van der Waals surface area contributed by atoms with Crippen LogP contribution in [0.4, 0.5) is 0 Å². The highest BCUT2D eigenvalue weighted by Gasteiger charge is 2.19. The Kier molecular flexibility index (Phi) is 46.9. The monoisotopic (exact) mass is 851 g/mol. The molecule has 0 radical (unpaired) electrons. The molecule has 1 atom stereocenters. The molecule has 0 aliphatic rings. The van der Waals surface area contributed by atoms with Gasteiger partial charge in [-0.1, -0.05) is 209 Å². The number of carbonyl (C=O) groups excluding carboxylic acids is 3. The zero-order chi connectivity index (χ0) is 44.4. The van der Waals surface area contributed by atoms with Gasteiger partial charge in [0.2, 0.25) is 0 Å². The molecular weight excluding hydrogens is 757 g/mol. The van der Waals surface area contributed by atoms with Gasteiger partial charge in [0.1, 0.15) is 13.2 Å². The lowest BCUT2D eigenvalue weighted by Crippen LogP contribution is -2.30. The summed E-state index contributed by atoms with van der Waals surface area (Å²) in [7, 11) is 0. The Balaban J connectivity index is 4.49. The molecule has 0 fully saturated rings. The number of rotatable bonds is 45. The maximum absolute atomic E-state index is 12.8. The van der Waals surface area contributed by atoms with Crippen molar-refractivity contribution in [3.05, 3.63) is 72.9 Å². The molecule has 0 unspecified atom stereocenters. The lowest BCUT2D eigenvalue weighted by Gasteiger charge is -2.18. The van der Waals surface area contributed by atoms with Crippen LogP contribution in [0, 0.1) is 0 Å². The summed E-state index contributed by atoms with van der Waals surface area (Å²) >= 11 is 0. The van der Waals surface area contributed by atoms with Crippen LogP contribution < -0.4 is 0 Å². The Morgan fingerprint density at radius 2 is 0.656 bits per heavy atom. The van der Waals surface area contributed by atoms with Crippen LogP contribution >= 0.6 is 0 Å². The number of carbonyl (C=O) groups is 3. The minimum absolute atomic E-state index is 0.0990. The third-order valence-electron chi connectivity index (χ3n) is 10.7. The molecule has 0 saturated heterocycles. The minimum Gasteiger partial charge on any atom is -0.462 e. The van der Waals surface area contributed by atoms with Gasteiger partial charge in [-0.3, -0.25) is 14.4 Å². The van der Waals surface area contributed by atoms with Crippen molar-refractivity contribution in [2.75, 3.05) is 13.2 Å². The molecule has 0 heterocycles. The van der Waals surface area contributed by atoms with Gasteiger partial charge in [-0.05, 0) is 83.5 Å². The normalized spacial score (nSPS) is 12.6. The number of hydrogen-bond acceptors (Lipinski definition) is 6. The highest BCUT2D eigenvalue weighted by atomic mass is 16.6. The topological polar surface area (TPSA) is 78.9 Å². The van der Waals surface area contributed by atoms with E-state index in [-0.39, 0.29) is 37.5 Å². The van der Waals surface area contributed by atoms with Crippen LogP contribution in [-0.4, -0.2) is 37.2 Å². The average molecular weight is 851 g/mol. The van der Waals surface area contributed by atoms with E-state index in [1.165, 1.54) is 109 Å². The van der Waals surface area contributed by atoms with Crippen molar-refractivity contribution in [2.45, 2.75) is 245 Å². The molecule has 0 bridgehead atoms. The molecule has 0 aromatic carbocycles. The van der Waals surface area contributed by atoms with Crippen LogP contribution in [0.3, 0.4) is 0 Å². The van der Waals surface area contributed by atoms with E-state index in [2.05, 4.69) is 93.7 Å². The highest BCUT2D eigenvalue weighted by Crippen LogP contribution is 2.14. The summed E-state index contributed by atoms with van der Waals surface area (Å²) in [6.45, 7) is 6.45. The highest BCUT2D eigenvalue weighted by molar-refractivity contribution is 5.71. The molecule has 0 amide bonds. The van der Waals surface area contributed by atoms with E-state index in [0.29, 0.717) is 19.3 Å². The SMILES string of the molecule is CC/C=C\C/C=C\C/C=C\C/C=C\C/C=C\CCCC(=O)O[C@H](COC(=O)CCCCCCC/C=C\CCCCCC)COC(=O)CCCCCCCCCCCCCCC. The molecule has 0 aromatic heterocycles. The van der Waals surface area contributed by atoms with Gasteiger partial charge in [0.15, 0.2) is 6.10 Å². The Hall–Kier alpha value is -3.15. The molecule has 6 nitrogen and oxygen atoms in total. The van der Waals surface area contributed by atoms with Gasteiger partial charge in [0, 0.05) is 19.3 Å². The van der Waals surface area contributed by atoms with Crippen molar-refractivity contribution in [3.8, 4) is 0 Å². The maximum Gasteiger partial charge on any atom is 0.306 e. The lowest BCUT2D eigenvalue weighted by atomic mass is 10.0. The van der Waals surface area contributed by atoms with Gasteiger partial charge in [-0.2, -0.15) is 0 Å². The summed E-state index contributed by atoms with van der Waals surface area (Å²) < 4.78 is 16.7. The largest absolute Gasteiger partial charge is 0.462 e. The van der Waals surface area contributed by atoms with E-state index in [0.717, 1.165) is 83.5 Å². The molecule has 0 N–H and O–H groups in total. The van der Waals surface area contributed by atoms with Crippen molar-refractivity contribution in [2.24, 2.45) is 0 Å². The van der Waals surface area contributed by atoms with Crippen molar-refractivity contribution < 1.29 is 28.6 Å². The number of unbranched alkanes of at least 4 members (excludes halogenated alkanes) is 22. The first-order chi connectivity index (χ1) is 30.0. The summed E-state index contributed by atoms with van der Waals surface area (Å²) in [4.78, 5) is 37.9. The molecule has 0 saturated carbocycles. The standard InChI is InChI=1S/C55H94O6/c1-4-7-10-13-16-19-22-25-26-27-28-31-34-37-40-43-46-49-55(58)61-52(50-59-53(56)47-44-41-38-35-32-29-23-20-17-14-11-8-5-2)51-60-54(57)48-45-42-39-36-33-30-24-21-18-15-12-9-6-3/h7,10,16,19-20,23,25-26,28,31,37,40,52H,4-6,8-9,11-15,17-18,21-22,24,27,29-30,32-36,38-39,41-51H2,1-3H3/b10-7-,19-16-,23-20-,26-25-,31-28-,40-37-/t52-/m1/s1. The molecule has 0 aliphatic carbocycles. The lowest BCUT2D eigenvalue weighted by molar-refractivity contribution is -0.167. The molecule has 61 heavy (non-hydrogen) atoms. The number of hydrogen-bond donors (Lipinski definition) is 0. The molecule has 0 aromatic rings. The summed E-state index contributed by atoms with van der Waals surface area (Å²) in [5.74, 6) is -0.965. The van der Waals surface area contributed by atoms with Gasteiger partial charge in [-0.15, -0.1) is 0 Å². The summed E-state index contributed by atoms with van der Waals surface area (Å²) in [6, 6.07) is 0. The number of esters is 3. The van der Waals surface area contributed by atoms with Gasteiger partial charge in [0.05, 0.1) is 0 Å².